The highest BCUT2D eigenvalue weighted by Crippen LogP contribution is 2.29. The van der Waals surface area contributed by atoms with Crippen molar-refractivity contribution in [3.05, 3.63) is 39.9 Å². The molecule has 0 spiro atoms. The number of carbonyl (C=O) groups excluding carboxylic acids is 1. The summed E-state index contributed by atoms with van der Waals surface area (Å²) in [4.78, 5) is 22.2. The zero-order valence-corrected chi connectivity index (χ0v) is 10.3. The van der Waals surface area contributed by atoms with E-state index in [4.69, 9.17) is 0 Å². The molecule has 4 nitrogen and oxygen atoms in total. The van der Waals surface area contributed by atoms with Crippen molar-refractivity contribution in [2.45, 2.75) is 44.4 Å². The van der Waals surface area contributed by atoms with Crippen LogP contribution in [0.3, 0.4) is 0 Å². The number of nitro benzene ring substituents is 1. The van der Waals surface area contributed by atoms with Crippen molar-refractivity contribution >= 4 is 11.5 Å². The second-order valence-corrected chi connectivity index (χ2v) is 4.82. The molecular formula is C14H17NO3. The second kappa shape index (κ2) is 5.76. The predicted octanol–water partition coefficient (Wildman–Crippen LogP) is 3.60. The van der Waals surface area contributed by atoms with Gasteiger partial charge in [-0.1, -0.05) is 31.4 Å². The van der Waals surface area contributed by atoms with Crippen molar-refractivity contribution in [1.82, 2.24) is 0 Å². The Kier molecular flexibility index (Phi) is 4.07. The Bertz CT molecular complexity index is 439. The van der Waals surface area contributed by atoms with E-state index < -0.39 is 4.92 Å². The van der Waals surface area contributed by atoms with E-state index in [2.05, 4.69) is 0 Å². The maximum absolute atomic E-state index is 12.1. The predicted molar refractivity (Wildman–Crippen MR) is 68.5 cm³/mol. The van der Waals surface area contributed by atoms with Crippen molar-refractivity contribution in [2.24, 2.45) is 0 Å². The fraction of sp³-hybridized carbons (Fsp3) is 0.500. The van der Waals surface area contributed by atoms with Crippen molar-refractivity contribution in [3.63, 3.8) is 0 Å². The van der Waals surface area contributed by atoms with Crippen molar-refractivity contribution in [2.75, 3.05) is 0 Å². The molecule has 0 aliphatic heterocycles. The Morgan fingerprint density at radius 3 is 2.39 bits per heavy atom. The maximum atomic E-state index is 12.1. The fourth-order valence-corrected chi connectivity index (χ4v) is 2.52. The lowest BCUT2D eigenvalue weighted by Crippen LogP contribution is -2.14. The largest absolute Gasteiger partial charge is 0.299 e. The van der Waals surface area contributed by atoms with Crippen LogP contribution in [0.15, 0.2) is 24.3 Å². The first-order chi connectivity index (χ1) is 8.68. The number of rotatable bonds is 2. The molecule has 0 heterocycles. The minimum atomic E-state index is -0.413. The maximum Gasteiger partial charge on any atom is 0.269 e. The van der Waals surface area contributed by atoms with E-state index in [9.17, 15) is 14.9 Å². The van der Waals surface area contributed by atoms with Crippen molar-refractivity contribution < 1.29 is 9.72 Å². The van der Waals surface area contributed by atoms with Crippen molar-refractivity contribution in [1.29, 1.82) is 0 Å². The van der Waals surface area contributed by atoms with Gasteiger partial charge in [0.05, 0.1) is 4.92 Å². The fourth-order valence-electron chi connectivity index (χ4n) is 2.52. The zero-order valence-electron chi connectivity index (χ0n) is 10.3. The lowest BCUT2D eigenvalue weighted by atomic mass is 9.85. The first-order valence-corrected chi connectivity index (χ1v) is 6.45. The topological polar surface area (TPSA) is 60.2 Å². The molecule has 1 aliphatic rings. The van der Waals surface area contributed by atoms with Crippen LogP contribution in [0.2, 0.25) is 0 Å². The molecule has 96 valence electrons. The molecule has 0 radical (unpaired) electrons. The van der Waals surface area contributed by atoms with Crippen LogP contribution in [0.5, 0.6) is 0 Å². The third-order valence-electron chi connectivity index (χ3n) is 3.56. The Morgan fingerprint density at radius 2 is 1.72 bits per heavy atom. The standard InChI is InChI=1S/C14H17NO3/c16-14-6-4-2-1-3-5-13(14)11-7-9-12(10-8-11)15(17)18/h7-10,13H,1-6H2/t13-/m0/s1. The molecule has 1 atom stereocenters. The van der Waals surface area contributed by atoms with E-state index in [0.29, 0.717) is 6.42 Å². The highest BCUT2D eigenvalue weighted by Gasteiger charge is 2.21. The number of hydrogen-bond donors (Lipinski definition) is 0. The van der Waals surface area contributed by atoms with E-state index in [1.165, 1.54) is 18.6 Å². The smallest absolute Gasteiger partial charge is 0.269 e. The number of nitrogens with zero attached hydrogens (tertiary/aromatic N) is 1. The van der Waals surface area contributed by atoms with Crippen LogP contribution in [0.1, 0.15) is 50.0 Å². The minimum Gasteiger partial charge on any atom is -0.299 e. The van der Waals surface area contributed by atoms with Gasteiger partial charge in [0.1, 0.15) is 5.78 Å². The number of ketones is 1. The molecular weight excluding hydrogens is 230 g/mol. The summed E-state index contributed by atoms with van der Waals surface area (Å²) in [5, 5.41) is 10.6. The SMILES string of the molecule is O=C1CCCCCC[C@H]1c1ccc([N+](=O)[O-])cc1. The van der Waals surface area contributed by atoms with Gasteiger partial charge in [-0.2, -0.15) is 0 Å². The normalized spacial score (nSPS) is 21.1. The van der Waals surface area contributed by atoms with Gasteiger partial charge in [-0.25, -0.2) is 0 Å². The van der Waals surface area contributed by atoms with Crippen LogP contribution in [0, 0.1) is 10.1 Å². The molecule has 0 bridgehead atoms. The first kappa shape index (κ1) is 12.7. The van der Waals surface area contributed by atoms with Gasteiger partial charge in [0.2, 0.25) is 0 Å². The van der Waals surface area contributed by atoms with Gasteiger partial charge in [0.15, 0.2) is 0 Å². The average molecular weight is 247 g/mol. The summed E-state index contributed by atoms with van der Waals surface area (Å²) < 4.78 is 0. The molecule has 0 aromatic heterocycles. The molecule has 18 heavy (non-hydrogen) atoms. The van der Waals surface area contributed by atoms with E-state index in [0.717, 1.165) is 31.2 Å². The van der Waals surface area contributed by atoms with Gasteiger partial charge in [0.25, 0.3) is 5.69 Å². The lowest BCUT2D eigenvalue weighted by molar-refractivity contribution is -0.384. The highest BCUT2D eigenvalue weighted by molar-refractivity contribution is 5.85. The number of carbonyl (C=O) groups is 1. The third kappa shape index (κ3) is 2.94. The third-order valence-corrected chi connectivity index (χ3v) is 3.56. The molecule has 0 N–H and O–H groups in total. The van der Waals surface area contributed by atoms with Gasteiger partial charge in [-0.15, -0.1) is 0 Å². The number of nitro groups is 1. The molecule has 1 aromatic carbocycles. The summed E-state index contributed by atoms with van der Waals surface area (Å²) in [5.74, 6) is 0.217. The van der Waals surface area contributed by atoms with Crippen LogP contribution in [0.25, 0.3) is 0 Å². The van der Waals surface area contributed by atoms with Crippen LogP contribution in [-0.4, -0.2) is 10.7 Å². The molecule has 0 unspecified atom stereocenters. The Hall–Kier alpha value is -1.71. The summed E-state index contributed by atoms with van der Waals surface area (Å²) in [6.07, 6.45) is 5.86. The molecule has 0 amide bonds. The Morgan fingerprint density at radius 1 is 1.06 bits per heavy atom. The number of hydrogen-bond acceptors (Lipinski definition) is 3. The Labute approximate surface area is 106 Å². The minimum absolute atomic E-state index is 0.0638. The average Bonchev–Trinajstić information content (AvgIpc) is 2.35. The number of Topliss-reactive ketones (excluding diaryl/α,β-unsaturated/α-hetero) is 1. The summed E-state index contributed by atoms with van der Waals surface area (Å²) in [6.45, 7) is 0. The summed E-state index contributed by atoms with van der Waals surface area (Å²) in [6, 6.07) is 6.42. The molecule has 0 saturated heterocycles. The van der Waals surface area contributed by atoms with Crippen LogP contribution in [-0.2, 0) is 4.79 Å². The van der Waals surface area contributed by atoms with Gasteiger partial charge in [0, 0.05) is 24.5 Å². The van der Waals surface area contributed by atoms with E-state index in [1.54, 1.807) is 12.1 Å². The van der Waals surface area contributed by atoms with Crippen LogP contribution < -0.4 is 0 Å². The summed E-state index contributed by atoms with van der Waals surface area (Å²) in [5.41, 5.74) is 1.00. The van der Waals surface area contributed by atoms with Crippen molar-refractivity contribution in [3.8, 4) is 0 Å². The van der Waals surface area contributed by atoms with E-state index >= 15 is 0 Å². The molecule has 1 aliphatic carbocycles. The quantitative estimate of drug-likeness (QED) is 0.592. The van der Waals surface area contributed by atoms with E-state index in [-0.39, 0.29) is 17.4 Å². The zero-order chi connectivity index (χ0) is 13.0. The monoisotopic (exact) mass is 247 g/mol. The number of non-ortho nitro benzene ring substituents is 1. The second-order valence-electron chi connectivity index (χ2n) is 4.82. The molecule has 4 heteroatoms. The van der Waals surface area contributed by atoms with E-state index in [1.807, 2.05) is 0 Å². The lowest BCUT2D eigenvalue weighted by Gasteiger charge is -2.18. The van der Waals surface area contributed by atoms with Gasteiger partial charge < -0.3 is 0 Å². The summed E-state index contributed by atoms with van der Waals surface area (Å²) >= 11 is 0. The Balaban J connectivity index is 2.17. The molecule has 1 saturated carbocycles. The number of benzene rings is 1. The molecule has 2 rings (SSSR count). The van der Waals surface area contributed by atoms with Crippen LogP contribution >= 0.6 is 0 Å². The summed E-state index contributed by atoms with van der Waals surface area (Å²) in [7, 11) is 0. The van der Waals surface area contributed by atoms with Gasteiger partial charge in [-0.05, 0) is 18.4 Å². The van der Waals surface area contributed by atoms with Crippen LogP contribution in [0.4, 0.5) is 5.69 Å². The molecule has 1 fully saturated rings. The van der Waals surface area contributed by atoms with Gasteiger partial charge >= 0.3 is 0 Å². The molecule has 1 aromatic rings. The van der Waals surface area contributed by atoms with Gasteiger partial charge in [-0.3, -0.25) is 14.9 Å². The highest BCUT2D eigenvalue weighted by atomic mass is 16.6. The first-order valence-electron chi connectivity index (χ1n) is 6.45.